The second-order valence-corrected chi connectivity index (χ2v) is 11.1. The number of quaternary nitrogens is 1. The lowest BCUT2D eigenvalue weighted by Crippen LogP contribution is -2.37. The molecule has 0 aliphatic heterocycles. The molecule has 7 heteroatoms. The molecule has 2 atom stereocenters. The van der Waals surface area contributed by atoms with Crippen LogP contribution in [-0.4, -0.2) is 61.5 Å². The Labute approximate surface area is 186 Å². The maximum absolute atomic E-state index is 11.8. The van der Waals surface area contributed by atoms with E-state index in [1.165, 1.54) is 77.0 Å². The molecular weight excluding hydrogens is 401 g/mol. The Morgan fingerprint density at radius 1 is 0.767 bits per heavy atom. The van der Waals surface area contributed by atoms with E-state index in [2.05, 4.69) is 6.92 Å². The Bertz CT molecular complexity index is 428. The zero-order valence-corrected chi connectivity index (χ0v) is 21.2. The zero-order chi connectivity index (χ0) is 22.7. The van der Waals surface area contributed by atoms with Crippen molar-refractivity contribution < 1.29 is 28.1 Å². The molecule has 0 aromatic rings. The average molecular weight is 453 g/mol. The standard InChI is InChI=1S/C23H50NO5P/c1-5-6-7-8-9-10-11-12-13-14-15-16-17-18-19-23(25)22-29-30(26,27)28-21-20-24(2,3)4/h23,25H,5-22H2,1-4H3/p+1. The normalized spacial score (nSPS) is 15.3. The van der Waals surface area contributed by atoms with Gasteiger partial charge in [-0.1, -0.05) is 96.8 Å². The van der Waals surface area contributed by atoms with Gasteiger partial charge in [-0.15, -0.1) is 0 Å². The van der Waals surface area contributed by atoms with E-state index in [4.69, 9.17) is 9.05 Å². The molecular formula is C23H51NO5P+. The first-order valence-corrected chi connectivity index (χ1v) is 13.8. The summed E-state index contributed by atoms with van der Waals surface area (Å²) in [4.78, 5) is 9.65. The van der Waals surface area contributed by atoms with Crippen molar-refractivity contribution in [3.63, 3.8) is 0 Å². The number of hydrogen-bond acceptors (Lipinski definition) is 4. The minimum Gasteiger partial charge on any atom is -0.391 e. The Kier molecular flexibility index (Phi) is 18.6. The van der Waals surface area contributed by atoms with Crippen molar-refractivity contribution >= 4 is 7.82 Å². The number of likely N-dealkylation sites (N-methyl/N-ethyl adjacent to an activating group) is 1. The summed E-state index contributed by atoms with van der Waals surface area (Å²) >= 11 is 0. The third-order valence-electron chi connectivity index (χ3n) is 5.34. The quantitative estimate of drug-likeness (QED) is 0.119. The van der Waals surface area contributed by atoms with Crippen molar-refractivity contribution in [1.29, 1.82) is 0 Å². The van der Waals surface area contributed by atoms with E-state index in [9.17, 15) is 14.6 Å². The van der Waals surface area contributed by atoms with Crippen LogP contribution in [0.4, 0.5) is 0 Å². The molecule has 0 aromatic heterocycles. The predicted molar refractivity (Wildman–Crippen MR) is 126 cm³/mol. The first-order chi connectivity index (χ1) is 14.2. The zero-order valence-electron chi connectivity index (χ0n) is 20.3. The summed E-state index contributed by atoms with van der Waals surface area (Å²) in [7, 11) is 1.86. The average Bonchev–Trinajstić information content (AvgIpc) is 2.65. The molecule has 0 heterocycles. The molecule has 182 valence electrons. The Morgan fingerprint density at radius 3 is 1.63 bits per heavy atom. The molecule has 0 aliphatic carbocycles. The summed E-state index contributed by atoms with van der Waals surface area (Å²) < 4.78 is 22.3. The summed E-state index contributed by atoms with van der Waals surface area (Å²) in [6.07, 6.45) is 18.0. The first-order valence-electron chi connectivity index (χ1n) is 12.3. The van der Waals surface area contributed by atoms with Crippen molar-refractivity contribution in [1.82, 2.24) is 0 Å². The molecule has 0 fully saturated rings. The lowest BCUT2D eigenvalue weighted by molar-refractivity contribution is -0.870. The van der Waals surface area contributed by atoms with Crippen LogP contribution in [0.3, 0.4) is 0 Å². The van der Waals surface area contributed by atoms with Crippen LogP contribution in [0.25, 0.3) is 0 Å². The monoisotopic (exact) mass is 452 g/mol. The van der Waals surface area contributed by atoms with Crippen molar-refractivity contribution in [2.75, 3.05) is 40.9 Å². The number of aliphatic hydroxyl groups is 1. The predicted octanol–water partition coefficient (Wildman–Crippen LogP) is 6.06. The van der Waals surface area contributed by atoms with E-state index in [0.29, 0.717) is 17.4 Å². The second-order valence-electron chi connectivity index (χ2n) is 9.65. The van der Waals surface area contributed by atoms with Gasteiger partial charge in [0.25, 0.3) is 0 Å². The smallest absolute Gasteiger partial charge is 0.391 e. The van der Waals surface area contributed by atoms with Gasteiger partial charge in [-0.05, 0) is 6.42 Å². The molecule has 6 nitrogen and oxygen atoms in total. The number of aliphatic hydroxyl groups excluding tert-OH is 1. The molecule has 0 radical (unpaired) electrons. The fourth-order valence-electron chi connectivity index (χ4n) is 3.31. The Balaban J connectivity index is 3.44. The highest BCUT2D eigenvalue weighted by molar-refractivity contribution is 7.47. The molecule has 2 unspecified atom stereocenters. The molecule has 0 amide bonds. The SMILES string of the molecule is CCCCCCCCCCCCCCCCC(O)COP(=O)(O)OCC[N+](C)(C)C. The molecule has 0 saturated carbocycles. The summed E-state index contributed by atoms with van der Waals surface area (Å²) in [6.45, 7) is 2.86. The summed E-state index contributed by atoms with van der Waals surface area (Å²) in [5.74, 6) is 0. The van der Waals surface area contributed by atoms with E-state index in [0.717, 1.165) is 12.8 Å². The summed E-state index contributed by atoms with van der Waals surface area (Å²) in [6, 6.07) is 0. The number of phosphoric acid groups is 1. The molecule has 2 N–H and O–H groups in total. The number of rotatable bonds is 22. The van der Waals surface area contributed by atoms with Crippen LogP contribution in [0, 0.1) is 0 Å². The molecule has 0 rings (SSSR count). The number of unbranched alkanes of at least 4 members (excludes halogenated alkanes) is 13. The Morgan fingerprint density at radius 2 is 1.20 bits per heavy atom. The van der Waals surface area contributed by atoms with Gasteiger partial charge in [0.15, 0.2) is 0 Å². The van der Waals surface area contributed by atoms with Gasteiger partial charge < -0.3 is 14.5 Å². The van der Waals surface area contributed by atoms with E-state index in [1.54, 1.807) is 0 Å². The largest absolute Gasteiger partial charge is 0.472 e. The van der Waals surface area contributed by atoms with E-state index < -0.39 is 13.9 Å². The number of phosphoric ester groups is 1. The number of hydrogen-bond donors (Lipinski definition) is 2. The third-order valence-corrected chi connectivity index (χ3v) is 6.32. The van der Waals surface area contributed by atoms with Gasteiger partial charge in [0.05, 0.1) is 33.9 Å². The van der Waals surface area contributed by atoms with Crippen LogP contribution in [0.15, 0.2) is 0 Å². The third kappa shape index (κ3) is 22.7. The fourth-order valence-corrected chi connectivity index (χ4v) is 4.05. The van der Waals surface area contributed by atoms with Crippen LogP contribution in [0.5, 0.6) is 0 Å². The van der Waals surface area contributed by atoms with Gasteiger partial charge in [-0.2, -0.15) is 0 Å². The van der Waals surface area contributed by atoms with Crippen molar-refractivity contribution in [2.45, 2.75) is 109 Å². The van der Waals surface area contributed by atoms with E-state index >= 15 is 0 Å². The van der Waals surface area contributed by atoms with Gasteiger partial charge in [0.2, 0.25) is 0 Å². The minimum atomic E-state index is -4.08. The maximum Gasteiger partial charge on any atom is 0.472 e. The van der Waals surface area contributed by atoms with Crippen molar-refractivity contribution in [3.05, 3.63) is 0 Å². The van der Waals surface area contributed by atoms with Gasteiger partial charge in [-0.3, -0.25) is 9.05 Å². The summed E-state index contributed by atoms with van der Waals surface area (Å²) in [5.41, 5.74) is 0. The molecule has 0 spiro atoms. The summed E-state index contributed by atoms with van der Waals surface area (Å²) in [5, 5.41) is 9.94. The topological polar surface area (TPSA) is 76.0 Å². The molecule has 30 heavy (non-hydrogen) atoms. The molecule has 0 aliphatic rings. The van der Waals surface area contributed by atoms with Crippen LogP contribution in [-0.2, 0) is 13.6 Å². The van der Waals surface area contributed by atoms with E-state index in [1.807, 2.05) is 21.1 Å². The van der Waals surface area contributed by atoms with Gasteiger partial charge in [0.1, 0.15) is 13.2 Å². The second kappa shape index (κ2) is 18.6. The molecule has 0 bridgehead atoms. The maximum atomic E-state index is 11.8. The lowest BCUT2D eigenvalue weighted by Gasteiger charge is -2.24. The van der Waals surface area contributed by atoms with Crippen molar-refractivity contribution in [3.8, 4) is 0 Å². The van der Waals surface area contributed by atoms with Crippen LogP contribution >= 0.6 is 7.82 Å². The lowest BCUT2D eigenvalue weighted by atomic mass is 10.0. The van der Waals surface area contributed by atoms with Crippen molar-refractivity contribution in [2.24, 2.45) is 0 Å². The highest BCUT2D eigenvalue weighted by Crippen LogP contribution is 2.43. The van der Waals surface area contributed by atoms with Gasteiger partial charge >= 0.3 is 7.82 Å². The minimum absolute atomic E-state index is 0.145. The first kappa shape index (κ1) is 30.0. The van der Waals surface area contributed by atoms with Gasteiger partial charge in [-0.25, -0.2) is 4.57 Å². The molecule has 0 saturated heterocycles. The van der Waals surface area contributed by atoms with Crippen LogP contribution < -0.4 is 0 Å². The highest BCUT2D eigenvalue weighted by Gasteiger charge is 2.23. The van der Waals surface area contributed by atoms with Crippen LogP contribution in [0.2, 0.25) is 0 Å². The molecule has 0 aromatic carbocycles. The Hall–Kier alpha value is 0.0300. The van der Waals surface area contributed by atoms with Crippen LogP contribution in [0.1, 0.15) is 103 Å². The fraction of sp³-hybridized carbons (Fsp3) is 1.00. The van der Waals surface area contributed by atoms with E-state index in [-0.39, 0.29) is 13.2 Å². The number of nitrogens with zero attached hydrogens (tertiary/aromatic N) is 1. The highest BCUT2D eigenvalue weighted by atomic mass is 31.2. The van der Waals surface area contributed by atoms with Gasteiger partial charge in [0, 0.05) is 0 Å².